The van der Waals surface area contributed by atoms with Gasteiger partial charge in [0.25, 0.3) is 0 Å². The number of hydrogen-bond donors (Lipinski definition) is 1. The average Bonchev–Trinajstić information content (AvgIpc) is 2.69. The topological polar surface area (TPSA) is 26.0 Å². The van der Waals surface area contributed by atoms with Crippen molar-refractivity contribution in [2.45, 2.75) is 13.0 Å². The highest BCUT2D eigenvalue weighted by Gasteiger charge is 2.06. The Hall–Kier alpha value is -2.61. The van der Waals surface area contributed by atoms with Crippen LogP contribution in [0.25, 0.3) is 12.2 Å². The van der Waals surface area contributed by atoms with Crippen LogP contribution < -0.4 is 5.73 Å². The zero-order valence-electron chi connectivity index (χ0n) is 15.1. The summed E-state index contributed by atoms with van der Waals surface area (Å²) in [5, 5.41) is 0. The van der Waals surface area contributed by atoms with Gasteiger partial charge in [-0.15, -0.1) is 12.4 Å². The van der Waals surface area contributed by atoms with Gasteiger partial charge in [-0.3, -0.25) is 0 Å². The minimum absolute atomic E-state index is 0. The highest BCUT2D eigenvalue weighted by Crippen LogP contribution is 2.19. The molecule has 0 aliphatic carbocycles. The fourth-order valence-electron chi connectivity index (χ4n) is 2.39. The van der Waals surface area contributed by atoms with Crippen LogP contribution in [0.5, 0.6) is 0 Å². The first-order valence-corrected chi connectivity index (χ1v) is 8.36. The summed E-state index contributed by atoms with van der Waals surface area (Å²) in [6.45, 7) is 9.40. The van der Waals surface area contributed by atoms with Crippen molar-refractivity contribution in [1.82, 2.24) is 0 Å². The van der Waals surface area contributed by atoms with E-state index in [2.05, 4.69) is 56.5 Å². The molecule has 3 rings (SSSR count). The van der Waals surface area contributed by atoms with Gasteiger partial charge in [-0.1, -0.05) is 110 Å². The molecule has 0 fully saturated rings. The van der Waals surface area contributed by atoms with Crippen LogP contribution >= 0.6 is 12.4 Å². The second kappa shape index (κ2) is 11.1. The molecule has 0 aliphatic rings. The third-order valence-electron chi connectivity index (χ3n) is 4.00. The number of aryl methyl sites for hydroxylation is 1. The molecule has 0 heterocycles. The Kier molecular flexibility index (Phi) is 9.14. The van der Waals surface area contributed by atoms with Crippen LogP contribution in [0.2, 0.25) is 0 Å². The molecule has 1 unspecified atom stereocenters. The molecule has 1 atom stereocenters. The maximum Gasteiger partial charge on any atom is 0.0551 e. The quantitative estimate of drug-likeness (QED) is 0.567. The lowest BCUT2D eigenvalue weighted by molar-refractivity contribution is 0.871. The van der Waals surface area contributed by atoms with Crippen LogP contribution in [0.3, 0.4) is 0 Å². The molecule has 3 aromatic carbocycles. The Labute approximate surface area is 163 Å². The van der Waals surface area contributed by atoms with E-state index < -0.39 is 0 Å². The van der Waals surface area contributed by atoms with Crippen LogP contribution in [-0.4, -0.2) is 0 Å². The molecule has 0 aliphatic heterocycles. The first-order valence-electron chi connectivity index (χ1n) is 8.36. The number of halogens is 1. The Morgan fingerprint density at radius 3 is 1.54 bits per heavy atom. The molecule has 0 saturated heterocycles. The minimum Gasteiger partial charge on any atom is -0.320 e. The van der Waals surface area contributed by atoms with Gasteiger partial charge in [0.15, 0.2) is 0 Å². The lowest BCUT2D eigenvalue weighted by Gasteiger charge is -2.12. The van der Waals surface area contributed by atoms with Gasteiger partial charge >= 0.3 is 0 Å². The summed E-state index contributed by atoms with van der Waals surface area (Å²) in [6.07, 6.45) is 3.65. The monoisotopic (exact) mass is 363 g/mol. The van der Waals surface area contributed by atoms with Gasteiger partial charge in [0.05, 0.1) is 6.04 Å². The van der Waals surface area contributed by atoms with Crippen molar-refractivity contribution in [3.63, 3.8) is 0 Å². The number of hydrogen-bond acceptors (Lipinski definition) is 1. The average molecular weight is 364 g/mol. The smallest absolute Gasteiger partial charge is 0.0551 e. The van der Waals surface area contributed by atoms with E-state index in [1.54, 1.807) is 0 Å². The Bertz CT molecular complexity index is 763. The summed E-state index contributed by atoms with van der Waals surface area (Å²) in [4.78, 5) is 0. The molecule has 0 radical (unpaired) electrons. The summed E-state index contributed by atoms with van der Waals surface area (Å²) < 4.78 is 0. The molecule has 0 bridgehead atoms. The van der Waals surface area contributed by atoms with E-state index in [9.17, 15) is 0 Å². The lowest BCUT2D eigenvalue weighted by atomic mass is 9.99. The van der Waals surface area contributed by atoms with E-state index in [0.29, 0.717) is 0 Å². The zero-order chi connectivity index (χ0) is 18.1. The van der Waals surface area contributed by atoms with Crippen LogP contribution in [0.15, 0.2) is 92.0 Å². The lowest BCUT2D eigenvalue weighted by Crippen LogP contribution is -2.11. The molecule has 26 heavy (non-hydrogen) atoms. The Balaban J connectivity index is 0.000000270. The predicted molar refractivity (Wildman–Crippen MR) is 118 cm³/mol. The summed E-state index contributed by atoms with van der Waals surface area (Å²) in [7, 11) is 0. The summed E-state index contributed by atoms with van der Waals surface area (Å²) in [5.74, 6) is 0. The summed E-state index contributed by atoms with van der Waals surface area (Å²) in [5.41, 5.74) is 12.0. The first kappa shape index (κ1) is 21.4. The van der Waals surface area contributed by atoms with Crippen molar-refractivity contribution in [3.05, 3.63) is 120 Å². The van der Waals surface area contributed by atoms with Gasteiger partial charge in [-0.25, -0.2) is 0 Å². The SMILES string of the molecule is C=Cc1ccc(C=C)cc1.Cc1ccc(C(N)c2ccccc2)cc1.Cl. The fraction of sp³-hybridized carbons (Fsp3) is 0.0833. The molecule has 134 valence electrons. The van der Waals surface area contributed by atoms with Gasteiger partial charge in [0, 0.05) is 0 Å². The molecule has 2 heteroatoms. The van der Waals surface area contributed by atoms with Crippen molar-refractivity contribution < 1.29 is 0 Å². The van der Waals surface area contributed by atoms with E-state index in [4.69, 9.17) is 5.73 Å². The van der Waals surface area contributed by atoms with Crippen molar-refractivity contribution in [2.24, 2.45) is 5.73 Å². The zero-order valence-corrected chi connectivity index (χ0v) is 16.0. The molecule has 0 saturated carbocycles. The summed E-state index contributed by atoms with van der Waals surface area (Å²) in [6, 6.07) is 26.6. The Morgan fingerprint density at radius 2 is 1.12 bits per heavy atom. The first-order chi connectivity index (χ1) is 12.1. The van der Waals surface area contributed by atoms with E-state index >= 15 is 0 Å². The van der Waals surface area contributed by atoms with Crippen molar-refractivity contribution in [2.75, 3.05) is 0 Å². The number of rotatable bonds is 4. The van der Waals surface area contributed by atoms with Gasteiger partial charge in [0.2, 0.25) is 0 Å². The highest BCUT2D eigenvalue weighted by atomic mass is 35.5. The van der Waals surface area contributed by atoms with Gasteiger partial charge < -0.3 is 5.73 Å². The van der Waals surface area contributed by atoms with Gasteiger partial charge in [0.1, 0.15) is 0 Å². The van der Waals surface area contributed by atoms with Crippen LogP contribution in [0, 0.1) is 6.92 Å². The van der Waals surface area contributed by atoms with Crippen molar-refractivity contribution >= 4 is 24.6 Å². The van der Waals surface area contributed by atoms with E-state index in [-0.39, 0.29) is 18.4 Å². The second-order valence-corrected chi connectivity index (χ2v) is 5.87. The second-order valence-electron chi connectivity index (χ2n) is 5.87. The maximum atomic E-state index is 6.17. The molecule has 0 aromatic heterocycles. The predicted octanol–water partition coefficient (Wildman–Crippen LogP) is 6.44. The van der Waals surface area contributed by atoms with Crippen LogP contribution in [0.1, 0.15) is 33.9 Å². The van der Waals surface area contributed by atoms with E-state index in [1.165, 1.54) is 5.56 Å². The fourth-order valence-corrected chi connectivity index (χ4v) is 2.39. The molecule has 2 N–H and O–H groups in total. The maximum absolute atomic E-state index is 6.17. The molecule has 0 amide bonds. The van der Waals surface area contributed by atoms with Crippen molar-refractivity contribution in [3.8, 4) is 0 Å². The molecular formula is C24H26ClN. The largest absolute Gasteiger partial charge is 0.320 e. The molecular weight excluding hydrogens is 338 g/mol. The third kappa shape index (κ3) is 6.36. The van der Waals surface area contributed by atoms with Crippen molar-refractivity contribution in [1.29, 1.82) is 0 Å². The highest BCUT2D eigenvalue weighted by molar-refractivity contribution is 5.85. The van der Waals surface area contributed by atoms with Gasteiger partial charge in [-0.05, 0) is 29.2 Å². The van der Waals surface area contributed by atoms with Crippen LogP contribution in [0.4, 0.5) is 0 Å². The normalized spacial score (nSPS) is 10.5. The Morgan fingerprint density at radius 1 is 0.692 bits per heavy atom. The third-order valence-corrected chi connectivity index (χ3v) is 4.00. The van der Waals surface area contributed by atoms with Crippen LogP contribution in [-0.2, 0) is 0 Å². The molecule has 1 nitrogen and oxygen atoms in total. The van der Waals surface area contributed by atoms with E-state index in [1.807, 2.05) is 54.6 Å². The minimum atomic E-state index is -0.0215. The number of benzene rings is 3. The standard InChI is InChI=1S/C14H15N.C10H10.ClH/c1-11-7-9-13(10-8-11)14(15)12-5-3-2-4-6-12;1-3-9-5-7-10(4-2)8-6-9;/h2-10,14H,15H2,1H3;3-8H,1-2H2;1H. The summed E-state index contributed by atoms with van der Waals surface area (Å²) >= 11 is 0. The van der Waals surface area contributed by atoms with E-state index in [0.717, 1.165) is 22.3 Å². The molecule has 3 aromatic rings. The molecule has 0 spiro atoms. The number of nitrogens with two attached hydrogens (primary N) is 1. The van der Waals surface area contributed by atoms with Gasteiger partial charge in [-0.2, -0.15) is 0 Å².